The molecule has 4 rings (SSSR count). The van der Waals surface area contributed by atoms with E-state index in [1.165, 1.54) is 22.3 Å². The summed E-state index contributed by atoms with van der Waals surface area (Å²) in [5, 5.41) is 8.42. The molecule has 0 unspecified atom stereocenters. The molecular formula is C25H26N2O3. The van der Waals surface area contributed by atoms with Crippen molar-refractivity contribution in [1.82, 2.24) is 4.90 Å². The van der Waals surface area contributed by atoms with Crippen LogP contribution in [0.3, 0.4) is 0 Å². The molecule has 0 atom stereocenters. The third-order valence-electron chi connectivity index (χ3n) is 5.04. The van der Waals surface area contributed by atoms with Gasteiger partial charge < -0.3 is 19.1 Å². The highest BCUT2D eigenvalue weighted by molar-refractivity contribution is 5.76. The first-order valence-electron chi connectivity index (χ1n) is 10.2. The van der Waals surface area contributed by atoms with Gasteiger partial charge in [0.1, 0.15) is 19.0 Å². The Morgan fingerprint density at radius 1 is 0.700 bits per heavy atom. The molecule has 1 aliphatic rings. The minimum atomic E-state index is 0.172. The van der Waals surface area contributed by atoms with E-state index in [1.807, 2.05) is 47.4 Å². The maximum absolute atomic E-state index is 8.42. The van der Waals surface area contributed by atoms with Gasteiger partial charge in [-0.3, -0.25) is 5.41 Å². The molecule has 0 bridgehead atoms. The largest absolute Gasteiger partial charge is 0.491 e. The van der Waals surface area contributed by atoms with Gasteiger partial charge >= 0.3 is 0 Å². The molecule has 154 valence electrons. The molecule has 0 fully saturated rings. The first-order chi connectivity index (χ1) is 14.8. The van der Waals surface area contributed by atoms with Crippen molar-refractivity contribution in [1.29, 1.82) is 5.41 Å². The zero-order chi connectivity index (χ0) is 20.6. The van der Waals surface area contributed by atoms with Crippen molar-refractivity contribution in [2.45, 2.75) is 13.1 Å². The standard InChI is InChI=1S/C25H26N2O3/c26-25(30-17-15-28-14-16-29-22-10-2-1-3-11-22)27-18-20-8-4-6-12-23(20)24-13-7-5-9-21(24)19-27/h1-13,26H,14-19H2. The Hall–Kier alpha value is -3.31. The fourth-order valence-corrected chi connectivity index (χ4v) is 3.58. The highest BCUT2D eigenvalue weighted by Crippen LogP contribution is 2.32. The molecule has 1 N–H and O–H groups in total. The molecule has 3 aromatic rings. The van der Waals surface area contributed by atoms with Gasteiger partial charge in [-0.2, -0.15) is 0 Å². The summed E-state index contributed by atoms with van der Waals surface area (Å²) in [4.78, 5) is 1.96. The summed E-state index contributed by atoms with van der Waals surface area (Å²) < 4.78 is 16.8. The first kappa shape index (κ1) is 20.0. The lowest BCUT2D eigenvalue weighted by molar-refractivity contribution is 0.0668. The molecule has 30 heavy (non-hydrogen) atoms. The van der Waals surface area contributed by atoms with E-state index < -0.39 is 0 Å². The van der Waals surface area contributed by atoms with Crippen molar-refractivity contribution in [3.63, 3.8) is 0 Å². The molecule has 1 heterocycles. The van der Waals surface area contributed by atoms with Crippen LogP contribution in [0.4, 0.5) is 0 Å². The fourth-order valence-electron chi connectivity index (χ4n) is 3.58. The average molecular weight is 402 g/mol. The maximum atomic E-state index is 8.42. The summed E-state index contributed by atoms with van der Waals surface area (Å²) >= 11 is 0. The SMILES string of the molecule is N=C(OCCOCCOc1ccccc1)N1Cc2ccccc2-c2ccccc2C1. The van der Waals surface area contributed by atoms with Crippen LogP contribution in [0.1, 0.15) is 11.1 Å². The van der Waals surface area contributed by atoms with Crippen molar-refractivity contribution < 1.29 is 14.2 Å². The lowest BCUT2D eigenvalue weighted by Gasteiger charge is -2.23. The van der Waals surface area contributed by atoms with E-state index in [0.29, 0.717) is 39.5 Å². The Kier molecular flexibility index (Phi) is 6.62. The van der Waals surface area contributed by atoms with Crippen LogP contribution >= 0.6 is 0 Å². The predicted molar refractivity (Wildman–Crippen MR) is 118 cm³/mol. The smallest absolute Gasteiger partial charge is 0.285 e. The summed E-state index contributed by atoms with van der Waals surface area (Å²) in [6.07, 6.45) is 0. The molecule has 5 heteroatoms. The summed E-state index contributed by atoms with van der Waals surface area (Å²) in [6, 6.07) is 26.6. The lowest BCUT2D eigenvalue weighted by Crippen LogP contribution is -2.31. The monoisotopic (exact) mass is 402 g/mol. The van der Waals surface area contributed by atoms with Crippen LogP contribution < -0.4 is 4.74 Å². The average Bonchev–Trinajstić information content (AvgIpc) is 2.96. The summed E-state index contributed by atoms with van der Waals surface area (Å²) in [7, 11) is 0. The fraction of sp³-hybridized carbons (Fsp3) is 0.240. The number of rotatable bonds is 7. The maximum Gasteiger partial charge on any atom is 0.285 e. The Labute approximate surface area is 177 Å². The van der Waals surface area contributed by atoms with Gasteiger partial charge in [0.15, 0.2) is 0 Å². The van der Waals surface area contributed by atoms with Crippen molar-refractivity contribution in [2.24, 2.45) is 0 Å². The number of nitrogens with one attached hydrogen (secondary N) is 1. The molecule has 5 nitrogen and oxygen atoms in total. The van der Waals surface area contributed by atoms with E-state index in [2.05, 4.69) is 36.4 Å². The second kappa shape index (κ2) is 9.94. The van der Waals surface area contributed by atoms with Crippen molar-refractivity contribution in [3.8, 4) is 16.9 Å². The summed E-state index contributed by atoms with van der Waals surface area (Å²) in [5.74, 6) is 0.834. The predicted octanol–water partition coefficient (Wildman–Crippen LogP) is 4.72. The molecule has 0 amide bonds. The summed E-state index contributed by atoms with van der Waals surface area (Å²) in [5.41, 5.74) is 4.85. The normalized spacial score (nSPS) is 12.5. The van der Waals surface area contributed by atoms with Gasteiger partial charge in [-0.1, -0.05) is 66.7 Å². The van der Waals surface area contributed by atoms with E-state index in [0.717, 1.165) is 5.75 Å². The molecule has 3 aromatic carbocycles. The van der Waals surface area contributed by atoms with Gasteiger partial charge in [-0.15, -0.1) is 0 Å². The molecule has 1 aliphatic heterocycles. The zero-order valence-corrected chi connectivity index (χ0v) is 16.9. The number of ether oxygens (including phenoxy) is 3. The quantitative estimate of drug-likeness (QED) is 0.353. The second-order valence-electron chi connectivity index (χ2n) is 7.10. The van der Waals surface area contributed by atoms with E-state index in [9.17, 15) is 0 Å². The minimum absolute atomic E-state index is 0.172. The Balaban J connectivity index is 1.25. The van der Waals surface area contributed by atoms with Gasteiger partial charge in [0.2, 0.25) is 0 Å². The number of hydrogen-bond donors (Lipinski definition) is 1. The molecule has 0 spiro atoms. The van der Waals surface area contributed by atoms with Crippen LogP contribution in [0.15, 0.2) is 78.9 Å². The van der Waals surface area contributed by atoms with Crippen LogP contribution in [-0.2, 0) is 22.6 Å². The number of amidine groups is 1. The van der Waals surface area contributed by atoms with Crippen LogP contribution in [0, 0.1) is 5.41 Å². The van der Waals surface area contributed by atoms with E-state index in [4.69, 9.17) is 19.6 Å². The van der Waals surface area contributed by atoms with E-state index >= 15 is 0 Å². The van der Waals surface area contributed by atoms with Crippen molar-refractivity contribution in [3.05, 3.63) is 90.0 Å². The number of hydrogen-bond acceptors (Lipinski definition) is 4. The van der Waals surface area contributed by atoms with Gasteiger partial charge in [0.25, 0.3) is 6.02 Å². The molecule has 0 aromatic heterocycles. The molecule has 0 saturated carbocycles. The summed E-state index contributed by atoms with van der Waals surface area (Å²) in [6.45, 7) is 3.02. The highest BCUT2D eigenvalue weighted by atomic mass is 16.5. The highest BCUT2D eigenvalue weighted by Gasteiger charge is 2.21. The lowest BCUT2D eigenvalue weighted by atomic mass is 9.97. The minimum Gasteiger partial charge on any atom is -0.491 e. The van der Waals surface area contributed by atoms with Crippen LogP contribution in [0.5, 0.6) is 5.75 Å². The van der Waals surface area contributed by atoms with Gasteiger partial charge in [-0.05, 0) is 34.4 Å². The molecule has 0 radical (unpaired) electrons. The van der Waals surface area contributed by atoms with Crippen LogP contribution in [0.2, 0.25) is 0 Å². The number of para-hydroxylation sites is 1. The number of nitrogens with zero attached hydrogens (tertiary/aromatic N) is 1. The van der Waals surface area contributed by atoms with Gasteiger partial charge in [0, 0.05) is 13.1 Å². The zero-order valence-electron chi connectivity index (χ0n) is 16.9. The topological polar surface area (TPSA) is 54.8 Å². The second-order valence-corrected chi connectivity index (χ2v) is 7.10. The third kappa shape index (κ3) is 4.99. The molecule has 0 saturated heterocycles. The van der Waals surface area contributed by atoms with Gasteiger partial charge in [0.05, 0.1) is 13.2 Å². The van der Waals surface area contributed by atoms with Crippen molar-refractivity contribution >= 4 is 6.02 Å². The van der Waals surface area contributed by atoms with Crippen molar-refractivity contribution in [2.75, 3.05) is 26.4 Å². The third-order valence-corrected chi connectivity index (χ3v) is 5.04. The molecule has 0 aliphatic carbocycles. The van der Waals surface area contributed by atoms with E-state index in [-0.39, 0.29) is 6.02 Å². The Bertz CT molecular complexity index is 927. The Morgan fingerprint density at radius 2 is 1.27 bits per heavy atom. The van der Waals surface area contributed by atoms with Crippen LogP contribution in [-0.4, -0.2) is 37.3 Å². The Morgan fingerprint density at radius 3 is 1.93 bits per heavy atom. The number of benzene rings is 3. The van der Waals surface area contributed by atoms with Crippen LogP contribution in [0.25, 0.3) is 11.1 Å². The molecular weight excluding hydrogens is 376 g/mol. The van der Waals surface area contributed by atoms with Gasteiger partial charge in [-0.25, -0.2) is 0 Å². The first-order valence-corrected chi connectivity index (χ1v) is 10.2. The number of fused-ring (bicyclic) bond motifs is 3. The van der Waals surface area contributed by atoms with E-state index in [1.54, 1.807) is 0 Å².